The normalized spacial score (nSPS) is 10.9. The summed E-state index contributed by atoms with van der Waals surface area (Å²) in [6, 6.07) is 2.75. The van der Waals surface area contributed by atoms with Crippen molar-refractivity contribution in [2.75, 3.05) is 0 Å². The van der Waals surface area contributed by atoms with Crippen LogP contribution in [0.2, 0.25) is 10.3 Å². The highest BCUT2D eigenvalue weighted by atomic mass is 35.5. The van der Waals surface area contributed by atoms with Gasteiger partial charge in [-0.05, 0) is 6.07 Å². The van der Waals surface area contributed by atoms with E-state index in [1.807, 2.05) is 0 Å². The highest BCUT2D eigenvalue weighted by Gasteiger charge is 2.17. The molecule has 0 aliphatic carbocycles. The van der Waals surface area contributed by atoms with E-state index in [4.69, 9.17) is 23.2 Å². The second-order valence-corrected chi connectivity index (χ2v) is 4.42. The van der Waals surface area contributed by atoms with Crippen molar-refractivity contribution >= 4 is 34.7 Å². The molecule has 0 fully saturated rings. The van der Waals surface area contributed by atoms with Gasteiger partial charge in [0.05, 0.1) is 16.2 Å². The zero-order chi connectivity index (χ0) is 14.3. The first-order valence-corrected chi connectivity index (χ1v) is 5.99. The third-order valence-corrected chi connectivity index (χ3v) is 3.16. The maximum atomic E-state index is 10.6. The Kier molecular flexibility index (Phi) is 2.96. The Labute approximate surface area is 121 Å². The highest BCUT2D eigenvalue weighted by molar-refractivity contribution is 6.37. The highest BCUT2D eigenvalue weighted by Crippen LogP contribution is 2.32. The Bertz CT molecular complexity index is 816. The number of nitro groups is 1. The summed E-state index contributed by atoms with van der Waals surface area (Å²) >= 11 is 12.2. The lowest BCUT2D eigenvalue weighted by molar-refractivity contribution is -0.385. The first-order chi connectivity index (χ1) is 9.58. The van der Waals surface area contributed by atoms with Crippen LogP contribution in [0.1, 0.15) is 0 Å². The molecule has 100 valence electrons. The van der Waals surface area contributed by atoms with E-state index in [-0.39, 0.29) is 21.8 Å². The molecule has 0 atom stereocenters. The van der Waals surface area contributed by atoms with Crippen molar-refractivity contribution in [3.63, 3.8) is 0 Å². The molecule has 0 unspecified atom stereocenters. The zero-order valence-corrected chi connectivity index (χ0v) is 11.1. The molecule has 0 saturated heterocycles. The molecule has 8 nitrogen and oxygen atoms in total. The summed E-state index contributed by atoms with van der Waals surface area (Å²) < 4.78 is 1.30. The van der Waals surface area contributed by atoms with Crippen LogP contribution in [-0.4, -0.2) is 29.5 Å². The van der Waals surface area contributed by atoms with Crippen molar-refractivity contribution in [2.24, 2.45) is 0 Å². The number of hydrogen-bond acceptors (Lipinski definition) is 6. The molecule has 0 N–H and O–H groups in total. The number of aromatic nitrogens is 5. The van der Waals surface area contributed by atoms with Gasteiger partial charge in [-0.1, -0.05) is 23.2 Å². The number of nitrogens with zero attached hydrogens (tertiary/aromatic N) is 6. The zero-order valence-electron chi connectivity index (χ0n) is 9.57. The van der Waals surface area contributed by atoms with Gasteiger partial charge >= 0.3 is 0 Å². The second kappa shape index (κ2) is 4.66. The van der Waals surface area contributed by atoms with Crippen LogP contribution in [0.25, 0.3) is 17.0 Å². The van der Waals surface area contributed by atoms with E-state index in [0.29, 0.717) is 11.3 Å². The smallest absolute Gasteiger partial charge is 0.258 e. The molecule has 20 heavy (non-hydrogen) atoms. The molecule has 3 aromatic rings. The number of halogens is 2. The Morgan fingerprint density at radius 3 is 2.70 bits per heavy atom. The van der Waals surface area contributed by atoms with Crippen LogP contribution in [0.3, 0.4) is 0 Å². The fourth-order valence-electron chi connectivity index (χ4n) is 1.64. The summed E-state index contributed by atoms with van der Waals surface area (Å²) in [4.78, 5) is 21.9. The van der Waals surface area contributed by atoms with Crippen molar-refractivity contribution in [1.82, 2.24) is 24.6 Å². The SMILES string of the molecule is O=[N+]([O-])c1ccc(-c2c(Cl)nc3ncnn3c2Cl)nc1. The molecule has 0 aromatic carbocycles. The van der Waals surface area contributed by atoms with E-state index in [1.165, 1.54) is 23.0 Å². The molecule has 0 saturated carbocycles. The van der Waals surface area contributed by atoms with Gasteiger partial charge in [-0.2, -0.15) is 19.6 Å². The maximum absolute atomic E-state index is 10.6. The van der Waals surface area contributed by atoms with Crippen LogP contribution < -0.4 is 0 Å². The fourth-order valence-corrected chi connectivity index (χ4v) is 2.25. The van der Waals surface area contributed by atoms with Gasteiger partial charge < -0.3 is 0 Å². The Hall–Kier alpha value is -2.32. The average molecular weight is 311 g/mol. The van der Waals surface area contributed by atoms with Crippen molar-refractivity contribution in [3.05, 3.63) is 45.1 Å². The predicted molar refractivity (Wildman–Crippen MR) is 70.7 cm³/mol. The number of pyridine rings is 1. The molecule has 0 amide bonds. The van der Waals surface area contributed by atoms with E-state index in [9.17, 15) is 10.1 Å². The minimum Gasteiger partial charge on any atom is -0.258 e. The molecule has 0 aliphatic rings. The van der Waals surface area contributed by atoms with E-state index in [2.05, 4.69) is 20.1 Å². The first kappa shape index (κ1) is 12.7. The molecular formula is C10H4Cl2N6O2. The number of rotatable bonds is 2. The maximum Gasteiger partial charge on any atom is 0.287 e. The van der Waals surface area contributed by atoms with Gasteiger partial charge in [-0.15, -0.1) is 0 Å². The molecule has 3 aromatic heterocycles. The van der Waals surface area contributed by atoms with Crippen LogP contribution in [-0.2, 0) is 0 Å². The van der Waals surface area contributed by atoms with Gasteiger partial charge in [0.15, 0.2) is 0 Å². The largest absolute Gasteiger partial charge is 0.287 e. The Morgan fingerprint density at radius 2 is 2.05 bits per heavy atom. The topological polar surface area (TPSA) is 99.1 Å². The monoisotopic (exact) mass is 310 g/mol. The standard InChI is InChI=1S/C10H4Cl2N6O2/c11-8-7(6-2-1-5(3-13-6)18(19)20)9(12)17-10(16-8)14-4-15-17/h1-4H. The molecule has 0 aliphatic heterocycles. The average Bonchev–Trinajstić information content (AvgIpc) is 2.87. The third-order valence-electron chi connectivity index (χ3n) is 2.54. The van der Waals surface area contributed by atoms with Gasteiger partial charge in [-0.25, -0.2) is 4.98 Å². The van der Waals surface area contributed by atoms with Gasteiger partial charge in [0, 0.05) is 6.07 Å². The summed E-state index contributed by atoms with van der Waals surface area (Å²) in [5.74, 6) is 0.255. The second-order valence-electron chi connectivity index (χ2n) is 3.70. The Balaban J connectivity index is 2.20. The van der Waals surface area contributed by atoms with Crippen molar-refractivity contribution in [3.8, 4) is 11.3 Å². The quantitative estimate of drug-likeness (QED) is 0.409. The number of hydrogen-bond donors (Lipinski definition) is 0. The van der Waals surface area contributed by atoms with Crippen LogP contribution >= 0.6 is 23.2 Å². The summed E-state index contributed by atoms with van der Waals surface area (Å²) in [6.45, 7) is 0. The van der Waals surface area contributed by atoms with Crippen LogP contribution in [0.5, 0.6) is 0 Å². The lowest BCUT2D eigenvalue weighted by Crippen LogP contribution is -1.99. The molecule has 3 heterocycles. The van der Waals surface area contributed by atoms with Crippen molar-refractivity contribution in [1.29, 1.82) is 0 Å². The lowest BCUT2D eigenvalue weighted by Gasteiger charge is -2.06. The molecule has 0 radical (unpaired) electrons. The van der Waals surface area contributed by atoms with Gasteiger partial charge in [0.25, 0.3) is 11.5 Å². The van der Waals surface area contributed by atoms with Gasteiger partial charge in [-0.3, -0.25) is 10.1 Å². The minimum atomic E-state index is -0.543. The molecule has 10 heteroatoms. The predicted octanol–water partition coefficient (Wildman–Crippen LogP) is 2.40. The number of fused-ring (bicyclic) bond motifs is 1. The van der Waals surface area contributed by atoms with E-state index in [1.54, 1.807) is 0 Å². The lowest BCUT2D eigenvalue weighted by atomic mass is 10.2. The van der Waals surface area contributed by atoms with Crippen molar-refractivity contribution < 1.29 is 4.92 Å². The van der Waals surface area contributed by atoms with E-state index < -0.39 is 4.92 Å². The van der Waals surface area contributed by atoms with Crippen LogP contribution in [0.15, 0.2) is 24.7 Å². The minimum absolute atomic E-state index is 0.0943. The van der Waals surface area contributed by atoms with Crippen LogP contribution in [0, 0.1) is 10.1 Å². The molecular weight excluding hydrogens is 307 g/mol. The molecule has 0 bridgehead atoms. The molecule has 0 spiro atoms. The Morgan fingerprint density at radius 1 is 1.25 bits per heavy atom. The van der Waals surface area contributed by atoms with Gasteiger partial charge in [0.2, 0.25) is 0 Å². The summed E-state index contributed by atoms with van der Waals surface area (Å²) in [5.41, 5.74) is 0.563. The first-order valence-electron chi connectivity index (χ1n) is 5.23. The van der Waals surface area contributed by atoms with Crippen molar-refractivity contribution in [2.45, 2.75) is 0 Å². The molecule has 3 rings (SSSR count). The van der Waals surface area contributed by atoms with Gasteiger partial charge in [0.1, 0.15) is 22.8 Å². The summed E-state index contributed by atoms with van der Waals surface area (Å²) in [5, 5.41) is 14.8. The summed E-state index contributed by atoms with van der Waals surface area (Å²) in [7, 11) is 0. The van der Waals surface area contributed by atoms with E-state index >= 15 is 0 Å². The third kappa shape index (κ3) is 1.95. The fraction of sp³-hybridized carbons (Fsp3) is 0. The van der Waals surface area contributed by atoms with E-state index in [0.717, 1.165) is 6.20 Å². The summed E-state index contributed by atoms with van der Waals surface area (Å²) in [6.07, 6.45) is 2.41. The van der Waals surface area contributed by atoms with Crippen LogP contribution in [0.4, 0.5) is 5.69 Å².